The second-order valence-corrected chi connectivity index (χ2v) is 5.39. The number of aromatic nitrogens is 2. The molecular formula is C13H20N2O. The van der Waals surface area contributed by atoms with Gasteiger partial charge in [0.15, 0.2) is 0 Å². The van der Waals surface area contributed by atoms with Gasteiger partial charge in [-0.2, -0.15) is 5.10 Å². The average molecular weight is 220 g/mol. The van der Waals surface area contributed by atoms with Gasteiger partial charge in [-0.05, 0) is 49.5 Å². The van der Waals surface area contributed by atoms with Crippen LogP contribution in [0.5, 0.6) is 0 Å². The van der Waals surface area contributed by atoms with Gasteiger partial charge in [0.05, 0.1) is 6.10 Å². The molecule has 2 saturated carbocycles. The molecule has 88 valence electrons. The molecule has 0 amide bonds. The molecule has 2 aliphatic rings. The van der Waals surface area contributed by atoms with Gasteiger partial charge in [-0.3, -0.25) is 4.68 Å². The van der Waals surface area contributed by atoms with E-state index in [2.05, 4.69) is 5.10 Å². The van der Waals surface area contributed by atoms with Crippen LogP contribution in [0.2, 0.25) is 0 Å². The Bertz CT molecular complexity index is 364. The van der Waals surface area contributed by atoms with Crippen LogP contribution in [0.4, 0.5) is 0 Å². The van der Waals surface area contributed by atoms with Gasteiger partial charge >= 0.3 is 0 Å². The van der Waals surface area contributed by atoms with Gasteiger partial charge in [-0.15, -0.1) is 0 Å². The minimum absolute atomic E-state index is 0.0785. The van der Waals surface area contributed by atoms with Crippen molar-refractivity contribution in [2.75, 3.05) is 0 Å². The minimum Gasteiger partial charge on any atom is -0.393 e. The van der Waals surface area contributed by atoms with Crippen LogP contribution in [-0.4, -0.2) is 21.0 Å². The molecular weight excluding hydrogens is 200 g/mol. The smallest absolute Gasteiger partial charge is 0.0577 e. The molecule has 3 heteroatoms. The highest BCUT2D eigenvalue weighted by Crippen LogP contribution is 2.59. The molecule has 3 atom stereocenters. The van der Waals surface area contributed by atoms with Gasteiger partial charge in [-0.1, -0.05) is 6.42 Å². The number of hydrogen-bond donors (Lipinski definition) is 1. The molecule has 3 nitrogen and oxygen atoms in total. The molecule has 2 fully saturated rings. The van der Waals surface area contributed by atoms with E-state index in [-0.39, 0.29) is 6.10 Å². The maximum absolute atomic E-state index is 10.2. The highest BCUT2D eigenvalue weighted by molar-refractivity contribution is 5.06. The third-order valence-electron chi connectivity index (χ3n) is 4.54. The summed E-state index contributed by atoms with van der Waals surface area (Å²) in [4.78, 5) is 0. The lowest BCUT2D eigenvalue weighted by Gasteiger charge is -2.12. The predicted molar refractivity (Wildman–Crippen MR) is 61.9 cm³/mol. The van der Waals surface area contributed by atoms with Crippen molar-refractivity contribution in [2.24, 2.45) is 24.8 Å². The van der Waals surface area contributed by atoms with Gasteiger partial charge < -0.3 is 5.11 Å². The quantitative estimate of drug-likeness (QED) is 0.839. The SMILES string of the molecule is Cn1nccc1CCC(O)C1C2CCCC21. The predicted octanol–water partition coefficient (Wildman–Crippen LogP) is 1.76. The van der Waals surface area contributed by atoms with Crippen LogP contribution in [0.1, 0.15) is 31.4 Å². The lowest BCUT2D eigenvalue weighted by molar-refractivity contribution is 0.126. The molecule has 2 aliphatic carbocycles. The van der Waals surface area contributed by atoms with Crippen molar-refractivity contribution in [1.82, 2.24) is 9.78 Å². The topological polar surface area (TPSA) is 38.0 Å². The van der Waals surface area contributed by atoms with Gasteiger partial charge in [-0.25, -0.2) is 0 Å². The molecule has 1 heterocycles. The highest BCUT2D eigenvalue weighted by Gasteiger charge is 2.55. The molecule has 0 aliphatic heterocycles. The van der Waals surface area contributed by atoms with Crippen LogP contribution in [0, 0.1) is 17.8 Å². The second-order valence-electron chi connectivity index (χ2n) is 5.39. The van der Waals surface area contributed by atoms with Crippen LogP contribution in [0.25, 0.3) is 0 Å². The molecule has 1 N–H and O–H groups in total. The molecule has 0 bridgehead atoms. The van der Waals surface area contributed by atoms with Crippen molar-refractivity contribution in [3.05, 3.63) is 18.0 Å². The summed E-state index contributed by atoms with van der Waals surface area (Å²) in [5.41, 5.74) is 1.23. The molecule has 16 heavy (non-hydrogen) atoms. The van der Waals surface area contributed by atoms with E-state index in [1.165, 1.54) is 25.0 Å². The minimum atomic E-state index is -0.0785. The van der Waals surface area contributed by atoms with Gasteiger partial charge in [0.25, 0.3) is 0 Å². The highest BCUT2D eigenvalue weighted by atomic mass is 16.3. The third kappa shape index (κ3) is 1.67. The summed E-state index contributed by atoms with van der Waals surface area (Å²) >= 11 is 0. The summed E-state index contributed by atoms with van der Waals surface area (Å²) in [6.45, 7) is 0. The van der Waals surface area contributed by atoms with Crippen molar-refractivity contribution in [3.8, 4) is 0 Å². The van der Waals surface area contributed by atoms with E-state index in [9.17, 15) is 5.11 Å². The van der Waals surface area contributed by atoms with E-state index in [4.69, 9.17) is 0 Å². The normalized spacial score (nSPS) is 33.8. The van der Waals surface area contributed by atoms with E-state index >= 15 is 0 Å². The Kier molecular flexibility index (Phi) is 2.51. The Morgan fingerprint density at radius 3 is 2.88 bits per heavy atom. The van der Waals surface area contributed by atoms with Gasteiger partial charge in [0.2, 0.25) is 0 Å². The first-order valence-corrected chi connectivity index (χ1v) is 6.42. The van der Waals surface area contributed by atoms with Crippen LogP contribution >= 0.6 is 0 Å². The zero-order valence-corrected chi connectivity index (χ0v) is 9.84. The van der Waals surface area contributed by atoms with Crippen molar-refractivity contribution in [3.63, 3.8) is 0 Å². The maximum atomic E-state index is 10.2. The summed E-state index contributed by atoms with van der Waals surface area (Å²) in [7, 11) is 1.97. The zero-order valence-electron chi connectivity index (χ0n) is 9.84. The van der Waals surface area contributed by atoms with Crippen molar-refractivity contribution < 1.29 is 5.11 Å². The van der Waals surface area contributed by atoms with E-state index in [0.29, 0.717) is 5.92 Å². The van der Waals surface area contributed by atoms with Crippen molar-refractivity contribution in [1.29, 1.82) is 0 Å². The van der Waals surface area contributed by atoms with Crippen LogP contribution in [-0.2, 0) is 13.5 Å². The molecule has 3 rings (SSSR count). The molecule has 0 spiro atoms. The Morgan fingerprint density at radius 2 is 2.25 bits per heavy atom. The lowest BCUT2D eigenvalue weighted by Crippen LogP contribution is -2.15. The molecule has 1 aromatic heterocycles. The van der Waals surface area contributed by atoms with E-state index in [1.54, 1.807) is 0 Å². The number of nitrogens with zero attached hydrogens (tertiary/aromatic N) is 2. The fraction of sp³-hybridized carbons (Fsp3) is 0.769. The lowest BCUT2D eigenvalue weighted by atomic mass is 10.0. The standard InChI is InChI=1S/C13H20N2O/c1-15-9(7-8-14-15)5-6-12(16)13-10-3-2-4-11(10)13/h7-8,10-13,16H,2-6H2,1H3. The molecule has 0 radical (unpaired) electrons. The number of hydrogen-bond acceptors (Lipinski definition) is 2. The maximum Gasteiger partial charge on any atom is 0.0577 e. The average Bonchev–Trinajstić information content (AvgIpc) is 2.67. The zero-order chi connectivity index (χ0) is 11.1. The number of rotatable bonds is 4. The summed E-state index contributed by atoms with van der Waals surface area (Å²) in [5, 5.41) is 14.3. The molecule has 1 aromatic rings. The summed E-state index contributed by atoms with van der Waals surface area (Å²) < 4.78 is 1.90. The van der Waals surface area contributed by atoms with Gasteiger partial charge in [0, 0.05) is 18.9 Å². The number of aryl methyl sites for hydroxylation is 2. The first kappa shape index (κ1) is 10.3. The monoisotopic (exact) mass is 220 g/mol. The fourth-order valence-electron chi connectivity index (χ4n) is 3.58. The Balaban J connectivity index is 1.51. The van der Waals surface area contributed by atoms with Crippen LogP contribution in [0.3, 0.4) is 0 Å². The Hall–Kier alpha value is -0.830. The molecule has 3 unspecified atom stereocenters. The van der Waals surface area contributed by atoms with Crippen molar-refractivity contribution in [2.45, 2.75) is 38.2 Å². The first-order valence-electron chi connectivity index (χ1n) is 6.42. The fourth-order valence-corrected chi connectivity index (χ4v) is 3.58. The van der Waals surface area contributed by atoms with Crippen LogP contribution in [0.15, 0.2) is 12.3 Å². The number of aliphatic hydroxyl groups excluding tert-OH is 1. The Morgan fingerprint density at radius 1 is 1.50 bits per heavy atom. The van der Waals surface area contributed by atoms with Crippen molar-refractivity contribution >= 4 is 0 Å². The first-order chi connectivity index (χ1) is 7.77. The number of aliphatic hydroxyl groups is 1. The third-order valence-corrected chi connectivity index (χ3v) is 4.54. The Labute approximate surface area is 96.5 Å². The summed E-state index contributed by atoms with van der Waals surface area (Å²) in [6, 6.07) is 2.04. The largest absolute Gasteiger partial charge is 0.393 e. The van der Waals surface area contributed by atoms with Gasteiger partial charge in [0.1, 0.15) is 0 Å². The molecule has 0 saturated heterocycles. The summed E-state index contributed by atoms with van der Waals surface area (Å²) in [6.07, 6.45) is 7.71. The van der Waals surface area contributed by atoms with E-state index in [1.807, 2.05) is 24.0 Å². The number of fused-ring (bicyclic) bond motifs is 1. The van der Waals surface area contributed by atoms with E-state index < -0.39 is 0 Å². The van der Waals surface area contributed by atoms with Crippen LogP contribution < -0.4 is 0 Å². The molecule has 0 aromatic carbocycles. The summed E-state index contributed by atoms with van der Waals surface area (Å²) in [5.74, 6) is 2.35. The van der Waals surface area contributed by atoms with E-state index in [0.717, 1.165) is 24.7 Å². The second kappa shape index (κ2) is 3.88.